The lowest BCUT2D eigenvalue weighted by atomic mass is 9.96. The van der Waals surface area contributed by atoms with Crippen molar-refractivity contribution in [3.63, 3.8) is 0 Å². The van der Waals surface area contributed by atoms with Gasteiger partial charge in [-0.2, -0.15) is 0 Å². The van der Waals surface area contributed by atoms with Crippen LogP contribution in [-0.2, 0) is 12.8 Å². The number of benzene rings is 5. The second-order valence-corrected chi connectivity index (χ2v) is 10.9. The number of hydrogen-bond donors (Lipinski definition) is 0. The van der Waals surface area contributed by atoms with Crippen molar-refractivity contribution in [3.8, 4) is 56.4 Å². The highest BCUT2D eigenvalue weighted by atomic mass is 15.0. The van der Waals surface area contributed by atoms with E-state index in [0.717, 1.165) is 57.1 Å². The molecule has 0 aliphatic heterocycles. The molecule has 4 heteroatoms. The van der Waals surface area contributed by atoms with Crippen LogP contribution in [0, 0.1) is 0 Å². The number of pyridine rings is 1. The predicted molar refractivity (Wildman–Crippen MR) is 181 cm³/mol. The van der Waals surface area contributed by atoms with Crippen LogP contribution in [0.3, 0.4) is 0 Å². The minimum atomic E-state index is 0.655. The van der Waals surface area contributed by atoms with E-state index >= 15 is 0 Å². The summed E-state index contributed by atoms with van der Waals surface area (Å²) in [6.45, 7) is 4.33. The molecule has 44 heavy (non-hydrogen) atoms. The number of nitrogens with zero attached hydrogens (tertiary/aromatic N) is 4. The fourth-order valence-electron chi connectivity index (χ4n) is 5.59. The summed E-state index contributed by atoms with van der Waals surface area (Å²) in [6, 6.07) is 44.5. The molecule has 0 atom stereocenters. The van der Waals surface area contributed by atoms with Crippen molar-refractivity contribution in [2.45, 2.75) is 26.7 Å². The molecule has 2 heterocycles. The fraction of sp³-hybridized carbons (Fsp3) is 0.100. The maximum atomic E-state index is 4.99. The van der Waals surface area contributed by atoms with E-state index in [1.165, 1.54) is 16.7 Å². The van der Waals surface area contributed by atoms with E-state index in [-0.39, 0.29) is 0 Å². The van der Waals surface area contributed by atoms with Gasteiger partial charge in [-0.15, -0.1) is 0 Å². The summed E-state index contributed by atoms with van der Waals surface area (Å²) in [5.74, 6) is 2.00. The predicted octanol–water partition coefficient (Wildman–Crippen LogP) is 9.88. The van der Waals surface area contributed by atoms with Crippen LogP contribution in [0.1, 0.15) is 25.0 Å². The molecule has 7 rings (SSSR count). The number of rotatable bonds is 7. The Hall–Kier alpha value is -5.48. The Labute approximate surface area is 258 Å². The Bertz CT molecular complexity index is 2010. The lowest BCUT2D eigenvalue weighted by Gasteiger charge is -2.11. The number of aromatic nitrogens is 4. The Balaban J connectivity index is 1.31. The average molecular weight is 569 g/mol. The summed E-state index contributed by atoms with van der Waals surface area (Å²) in [5, 5.41) is 1.14. The Morgan fingerprint density at radius 3 is 1.52 bits per heavy atom. The summed E-state index contributed by atoms with van der Waals surface area (Å²) in [4.78, 5) is 19.5. The number of para-hydroxylation sites is 1. The first-order valence-corrected chi connectivity index (χ1v) is 15.2. The summed E-state index contributed by atoms with van der Waals surface area (Å²) >= 11 is 0. The lowest BCUT2D eigenvalue weighted by molar-refractivity contribution is 1.07. The molecular formula is C40H32N4. The van der Waals surface area contributed by atoms with Gasteiger partial charge in [0.1, 0.15) is 0 Å². The van der Waals surface area contributed by atoms with Crippen molar-refractivity contribution in [2.75, 3.05) is 0 Å². The van der Waals surface area contributed by atoms with E-state index < -0.39 is 0 Å². The van der Waals surface area contributed by atoms with Gasteiger partial charge in [0.15, 0.2) is 17.5 Å². The fourth-order valence-corrected chi connectivity index (χ4v) is 5.59. The van der Waals surface area contributed by atoms with Crippen molar-refractivity contribution < 1.29 is 0 Å². The first kappa shape index (κ1) is 27.4. The van der Waals surface area contributed by atoms with Crippen LogP contribution in [0.4, 0.5) is 0 Å². The van der Waals surface area contributed by atoms with Crippen LogP contribution in [-0.4, -0.2) is 19.9 Å². The van der Waals surface area contributed by atoms with Gasteiger partial charge in [0.05, 0.1) is 5.52 Å². The molecule has 7 aromatic rings. The molecule has 0 N–H and O–H groups in total. The molecule has 0 amide bonds. The molecular weight excluding hydrogens is 536 g/mol. The normalized spacial score (nSPS) is 11.1. The summed E-state index contributed by atoms with van der Waals surface area (Å²) < 4.78 is 0. The third-order valence-electron chi connectivity index (χ3n) is 8.15. The Morgan fingerprint density at radius 1 is 0.432 bits per heavy atom. The molecule has 0 bridgehead atoms. The first-order valence-electron chi connectivity index (χ1n) is 15.2. The molecule has 212 valence electrons. The van der Waals surface area contributed by atoms with Gasteiger partial charge in [-0.3, -0.25) is 4.98 Å². The molecule has 0 saturated heterocycles. The molecule has 4 nitrogen and oxygen atoms in total. The van der Waals surface area contributed by atoms with Crippen molar-refractivity contribution in [3.05, 3.63) is 145 Å². The van der Waals surface area contributed by atoms with Gasteiger partial charge < -0.3 is 0 Å². The van der Waals surface area contributed by atoms with Gasteiger partial charge in [0.2, 0.25) is 0 Å². The van der Waals surface area contributed by atoms with Crippen molar-refractivity contribution in [2.24, 2.45) is 0 Å². The largest absolute Gasteiger partial charge is 0.256 e. The zero-order valence-corrected chi connectivity index (χ0v) is 24.9. The van der Waals surface area contributed by atoms with Gasteiger partial charge in [-0.25, -0.2) is 15.0 Å². The van der Waals surface area contributed by atoms with E-state index in [9.17, 15) is 0 Å². The summed E-state index contributed by atoms with van der Waals surface area (Å²) in [6.07, 6.45) is 3.86. The van der Waals surface area contributed by atoms with E-state index in [0.29, 0.717) is 17.5 Å². The molecule has 0 spiro atoms. The zero-order valence-electron chi connectivity index (χ0n) is 24.9. The van der Waals surface area contributed by atoms with Crippen LogP contribution in [0.2, 0.25) is 0 Å². The summed E-state index contributed by atoms with van der Waals surface area (Å²) in [7, 11) is 0. The Kier molecular flexibility index (Phi) is 7.47. The quantitative estimate of drug-likeness (QED) is 0.192. The third-order valence-corrected chi connectivity index (χ3v) is 8.15. The van der Waals surface area contributed by atoms with Gasteiger partial charge in [-0.1, -0.05) is 117 Å². The average Bonchev–Trinajstić information content (AvgIpc) is 3.11. The summed E-state index contributed by atoms with van der Waals surface area (Å²) in [5.41, 5.74) is 11.0. The molecule has 2 aromatic heterocycles. The van der Waals surface area contributed by atoms with Gasteiger partial charge in [0, 0.05) is 28.3 Å². The van der Waals surface area contributed by atoms with E-state index in [1.54, 1.807) is 0 Å². The lowest BCUT2D eigenvalue weighted by Crippen LogP contribution is -2.00. The highest BCUT2D eigenvalue weighted by Crippen LogP contribution is 2.33. The monoisotopic (exact) mass is 568 g/mol. The maximum Gasteiger partial charge on any atom is 0.164 e. The molecule has 0 aliphatic carbocycles. The molecule has 0 saturated carbocycles. The highest BCUT2D eigenvalue weighted by molar-refractivity contribution is 5.95. The van der Waals surface area contributed by atoms with Gasteiger partial charge in [0.25, 0.3) is 0 Å². The second-order valence-electron chi connectivity index (χ2n) is 10.9. The minimum Gasteiger partial charge on any atom is -0.256 e. The Morgan fingerprint density at radius 2 is 0.932 bits per heavy atom. The van der Waals surface area contributed by atoms with Crippen LogP contribution >= 0.6 is 0 Å². The minimum absolute atomic E-state index is 0.655. The standard InChI is InChI=1S/C40H32N4/c1-3-27-15-19-29(20-16-27)38-42-39(30-21-17-28(4-2)18-22-30)44-40(43-38)34-12-8-10-32(26-34)31-9-7-11-33(25-31)35-23-24-41-37-14-6-5-13-36(35)37/h5-26H,3-4H2,1-2H3. The van der Waals surface area contributed by atoms with Crippen LogP contribution < -0.4 is 0 Å². The molecule has 0 aliphatic rings. The SMILES string of the molecule is CCc1ccc(-c2nc(-c3ccc(CC)cc3)nc(-c3cccc(-c4cccc(-c5ccnc6ccccc56)c4)c3)n2)cc1. The topological polar surface area (TPSA) is 51.6 Å². The van der Waals surface area contributed by atoms with Crippen molar-refractivity contribution in [1.29, 1.82) is 0 Å². The van der Waals surface area contributed by atoms with E-state index in [2.05, 4.69) is 140 Å². The number of hydrogen-bond acceptors (Lipinski definition) is 4. The molecule has 0 radical (unpaired) electrons. The number of fused-ring (bicyclic) bond motifs is 1. The maximum absolute atomic E-state index is 4.99. The first-order chi connectivity index (χ1) is 21.7. The van der Waals surface area contributed by atoms with E-state index in [4.69, 9.17) is 15.0 Å². The van der Waals surface area contributed by atoms with Crippen molar-refractivity contribution >= 4 is 10.9 Å². The van der Waals surface area contributed by atoms with E-state index in [1.807, 2.05) is 12.3 Å². The second kappa shape index (κ2) is 12.0. The molecule has 5 aromatic carbocycles. The van der Waals surface area contributed by atoms with Gasteiger partial charge >= 0.3 is 0 Å². The van der Waals surface area contributed by atoms with Gasteiger partial charge in [-0.05, 0) is 70.5 Å². The molecule has 0 fully saturated rings. The highest BCUT2D eigenvalue weighted by Gasteiger charge is 2.14. The third kappa shape index (κ3) is 5.50. The van der Waals surface area contributed by atoms with Crippen LogP contribution in [0.25, 0.3) is 67.3 Å². The van der Waals surface area contributed by atoms with Crippen molar-refractivity contribution in [1.82, 2.24) is 19.9 Å². The number of aryl methyl sites for hydroxylation is 2. The molecule has 0 unspecified atom stereocenters. The van der Waals surface area contributed by atoms with Crippen LogP contribution in [0.15, 0.2) is 134 Å². The van der Waals surface area contributed by atoms with Crippen LogP contribution in [0.5, 0.6) is 0 Å². The smallest absolute Gasteiger partial charge is 0.164 e. The zero-order chi connectivity index (χ0) is 29.9.